The van der Waals surface area contributed by atoms with Crippen molar-refractivity contribution < 1.29 is 9.53 Å². The van der Waals surface area contributed by atoms with E-state index in [1.54, 1.807) is 6.20 Å². The number of hydrogen-bond acceptors (Lipinski definition) is 4. The first kappa shape index (κ1) is 12.9. The Balaban J connectivity index is 1.77. The van der Waals surface area contributed by atoms with E-state index in [1.807, 2.05) is 22.9 Å². The number of carbonyl (C=O) groups excluding carboxylic acids is 1. The Morgan fingerprint density at radius 3 is 2.85 bits per heavy atom. The van der Waals surface area contributed by atoms with E-state index in [1.165, 1.54) is 12.7 Å². The second-order valence-corrected chi connectivity index (χ2v) is 4.92. The van der Waals surface area contributed by atoms with Crippen molar-refractivity contribution in [2.24, 2.45) is 0 Å². The fraction of sp³-hybridized carbons (Fsp3) is 0.333. The van der Waals surface area contributed by atoms with Crippen LogP contribution >= 0.6 is 0 Å². The van der Waals surface area contributed by atoms with E-state index in [-0.39, 0.29) is 5.97 Å². The van der Waals surface area contributed by atoms with Crippen LogP contribution in [0.4, 0.5) is 0 Å². The topological polar surface area (TPSA) is 47.4 Å². The molecule has 0 atom stereocenters. The van der Waals surface area contributed by atoms with Crippen LogP contribution in [-0.2, 0) is 24.4 Å². The average Bonchev–Trinajstić information content (AvgIpc) is 2.91. The van der Waals surface area contributed by atoms with Gasteiger partial charge in [0, 0.05) is 19.6 Å². The van der Waals surface area contributed by atoms with Crippen molar-refractivity contribution in [1.29, 1.82) is 0 Å². The Labute approximate surface area is 117 Å². The molecule has 0 amide bonds. The summed E-state index contributed by atoms with van der Waals surface area (Å²) >= 11 is 0. The summed E-state index contributed by atoms with van der Waals surface area (Å²) in [6.45, 7) is 3.34. The van der Waals surface area contributed by atoms with Crippen LogP contribution in [-0.4, -0.2) is 34.3 Å². The molecule has 2 heterocycles. The molecule has 0 radical (unpaired) electrons. The normalized spacial score (nSPS) is 14.8. The summed E-state index contributed by atoms with van der Waals surface area (Å²) in [5.41, 5.74) is 2.80. The highest BCUT2D eigenvalue weighted by Crippen LogP contribution is 2.19. The lowest BCUT2D eigenvalue weighted by Crippen LogP contribution is -2.34. The van der Waals surface area contributed by atoms with Crippen LogP contribution in [0.15, 0.2) is 36.5 Å². The van der Waals surface area contributed by atoms with Crippen LogP contribution in [0.1, 0.15) is 21.6 Å². The number of carbonyl (C=O) groups is 1. The van der Waals surface area contributed by atoms with E-state index in [0.29, 0.717) is 5.56 Å². The minimum Gasteiger partial charge on any atom is -0.465 e. The van der Waals surface area contributed by atoms with Gasteiger partial charge in [-0.25, -0.2) is 4.79 Å². The molecule has 1 aliphatic heterocycles. The van der Waals surface area contributed by atoms with Crippen LogP contribution in [0.3, 0.4) is 0 Å². The molecular weight excluding hydrogens is 254 g/mol. The highest BCUT2D eigenvalue weighted by molar-refractivity contribution is 5.90. The fourth-order valence-corrected chi connectivity index (χ4v) is 2.55. The number of benzene rings is 1. The minimum absolute atomic E-state index is 0.312. The van der Waals surface area contributed by atoms with E-state index in [9.17, 15) is 4.79 Å². The zero-order valence-corrected chi connectivity index (χ0v) is 11.5. The Morgan fingerprint density at radius 1 is 1.30 bits per heavy atom. The molecule has 0 N–H and O–H groups in total. The highest BCUT2D eigenvalue weighted by atomic mass is 16.5. The maximum absolute atomic E-state index is 11.7. The smallest absolute Gasteiger partial charge is 0.341 e. The maximum atomic E-state index is 11.7. The standard InChI is InChI=1S/C15H17N3O2/c1-20-15(19)13-9-16-18-8-7-17(11-14(13)18)10-12-5-3-2-4-6-12/h2-6,9H,7-8,10-11H2,1H3. The number of esters is 1. The third kappa shape index (κ3) is 2.44. The third-order valence-corrected chi connectivity index (χ3v) is 3.60. The van der Waals surface area contributed by atoms with Gasteiger partial charge in [-0.2, -0.15) is 5.10 Å². The van der Waals surface area contributed by atoms with Gasteiger partial charge in [-0.15, -0.1) is 0 Å². The quantitative estimate of drug-likeness (QED) is 0.797. The Morgan fingerprint density at radius 2 is 2.10 bits per heavy atom. The second kappa shape index (κ2) is 5.46. The van der Waals surface area contributed by atoms with Crippen LogP contribution in [0.2, 0.25) is 0 Å². The van der Waals surface area contributed by atoms with Crippen LogP contribution < -0.4 is 0 Å². The number of hydrogen-bond donors (Lipinski definition) is 0. The largest absolute Gasteiger partial charge is 0.465 e. The summed E-state index contributed by atoms with van der Waals surface area (Å²) in [7, 11) is 1.40. The maximum Gasteiger partial charge on any atom is 0.341 e. The molecule has 0 spiro atoms. The average molecular weight is 271 g/mol. The Hall–Kier alpha value is -2.14. The molecule has 0 saturated heterocycles. The summed E-state index contributed by atoms with van der Waals surface area (Å²) in [6.07, 6.45) is 1.60. The van der Waals surface area contributed by atoms with Crippen LogP contribution in [0, 0.1) is 0 Å². The van der Waals surface area contributed by atoms with Crippen molar-refractivity contribution in [2.75, 3.05) is 13.7 Å². The van der Waals surface area contributed by atoms with E-state index < -0.39 is 0 Å². The molecule has 1 aromatic heterocycles. The highest BCUT2D eigenvalue weighted by Gasteiger charge is 2.24. The van der Waals surface area contributed by atoms with Crippen molar-refractivity contribution in [3.8, 4) is 0 Å². The van der Waals surface area contributed by atoms with Crippen LogP contribution in [0.5, 0.6) is 0 Å². The van der Waals surface area contributed by atoms with Crippen molar-refractivity contribution in [1.82, 2.24) is 14.7 Å². The monoisotopic (exact) mass is 271 g/mol. The van der Waals surface area contributed by atoms with Gasteiger partial charge >= 0.3 is 5.97 Å². The van der Waals surface area contributed by atoms with Gasteiger partial charge in [0.25, 0.3) is 0 Å². The molecule has 0 fully saturated rings. The molecule has 2 aromatic rings. The molecule has 1 aromatic carbocycles. The molecule has 20 heavy (non-hydrogen) atoms. The van der Waals surface area contributed by atoms with Gasteiger partial charge in [-0.1, -0.05) is 30.3 Å². The van der Waals surface area contributed by atoms with Gasteiger partial charge in [0.15, 0.2) is 0 Å². The Kier molecular flexibility index (Phi) is 3.52. The van der Waals surface area contributed by atoms with Gasteiger partial charge in [-0.05, 0) is 5.56 Å². The molecule has 5 nitrogen and oxygen atoms in total. The first-order valence-electron chi connectivity index (χ1n) is 6.67. The van der Waals surface area contributed by atoms with Crippen molar-refractivity contribution >= 4 is 5.97 Å². The van der Waals surface area contributed by atoms with Crippen molar-refractivity contribution in [3.63, 3.8) is 0 Å². The number of aromatic nitrogens is 2. The fourth-order valence-electron chi connectivity index (χ4n) is 2.55. The predicted octanol–water partition coefficient (Wildman–Crippen LogP) is 1.69. The lowest BCUT2D eigenvalue weighted by atomic mass is 10.1. The summed E-state index contributed by atoms with van der Waals surface area (Å²) in [4.78, 5) is 14.0. The van der Waals surface area contributed by atoms with Gasteiger partial charge in [0.2, 0.25) is 0 Å². The van der Waals surface area contributed by atoms with Gasteiger partial charge < -0.3 is 4.74 Å². The third-order valence-electron chi connectivity index (χ3n) is 3.60. The number of fused-ring (bicyclic) bond motifs is 1. The molecule has 3 rings (SSSR count). The van der Waals surface area contributed by atoms with E-state index >= 15 is 0 Å². The molecule has 5 heteroatoms. The molecule has 0 unspecified atom stereocenters. The lowest BCUT2D eigenvalue weighted by molar-refractivity contribution is 0.0596. The zero-order valence-electron chi connectivity index (χ0n) is 11.5. The van der Waals surface area contributed by atoms with Crippen molar-refractivity contribution in [2.45, 2.75) is 19.6 Å². The molecule has 0 saturated carbocycles. The van der Waals surface area contributed by atoms with E-state index in [2.05, 4.69) is 22.1 Å². The first-order chi connectivity index (χ1) is 9.78. The predicted molar refractivity (Wildman–Crippen MR) is 74.1 cm³/mol. The summed E-state index contributed by atoms with van der Waals surface area (Å²) in [5.74, 6) is -0.312. The van der Waals surface area contributed by atoms with Gasteiger partial charge in [0.1, 0.15) is 5.56 Å². The summed E-state index contributed by atoms with van der Waals surface area (Å²) in [6, 6.07) is 10.3. The summed E-state index contributed by atoms with van der Waals surface area (Å²) < 4.78 is 6.70. The minimum atomic E-state index is -0.312. The molecule has 0 aliphatic carbocycles. The SMILES string of the molecule is COC(=O)c1cnn2c1CN(Cc1ccccc1)CC2. The Bertz CT molecular complexity index is 607. The first-order valence-corrected chi connectivity index (χ1v) is 6.67. The zero-order chi connectivity index (χ0) is 13.9. The van der Waals surface area contributed by atoms with Crippen LogP contribution in [0.25, 0.3) is 0 Å². The second-order valence-electron chi connectivity index (χ2n) is 4.92. The van der Waals surface area contributed by atoms with Gasteiger partial charge in [0.05, 0.1) is 25.5 Å². The number of rotatable bonds is 3. The van der Waals surface area contributed by atoms with E-state index in [0.717, 1.165) is 31.9 Å². The van der Waals surface area contributed by atoms with Gasteiger partial charge in [-0.3, -0.25) is 9.58 Å². The molecule has 104 valence electrons. The molecule has 0 bridgehead atoms. The number of nitrogens with zero attached hydrogens (tertiary/aromatic N) is 3. The lowest BCUT2D eigenvalue weighted by Gasteiger charge is -2.28. The van der Waals surface area contributed by atoms with Crippen molar-refractivity contribution in [3.05, 3.63) is 53.3 Å². The molecular formula is C15H17N3O2. The summed E-state index contributed by atoms with van der Waals surface area (Å²) in [5, 5.41) is 4.26. The molecule has 1 aliphatic rings. The number of ether oxygens (including phenoxy) is 1. The number of methoxy groups -OCH3 is 1. The van der Waals surface area contributed by atoms with E-state index in [4.69, 9.17) is 4.74 Å².